The molecule has 0 aliphatic carbocycles. The molecule has 0 aliphatic rings. The standard InChI is InChI=1S/C14H24N2/c1-14(2,3)11-8-12(15(4)5)10-13(9-11)16(6)7/h8-10H,1-7H3. The van der Waals surface area contributed by atoms with Gasteiger partial charge in [0.05, 0.1) is 0 Å². The molecule has 0 unspecified atom stereocenters. The van der Waals surface area contributed by atoms with Gasteiger partial charge in [0.15, 0.2) is 0 Å². The summed E-state index contributed by atoms with van der Waals surface area (Å²) < 4.78 is 0. The Bertz CT molecular complexity index is 333. The third-order valence-electron chi connectivity index (χ3n) is 2.80. The van der Waals surface area contributed by atoms with Crippen LogP contribution < -0.4 is 9.80 Å². The topological polar surface area (TPSA) is 6.48 Å². The summed E-state index contributed by atoms with van der Waals surface area (Å²) in [7, 11) is 8.34. The molecule has 0 saturated heterocycles. The summed E-state index contributed by atoms with van der Waals surface area (Å²) in [5.74, 6) is 0. The van der Waals surface area contributed by atoms with Crippen LogP contribution in [0.2, 0.25) is 0 Å². The van der Waals surface area contributed by atoms with E-state index in [9.17, 15) is 0 Å². The summed E-state index contributed by atoms with van der Waals surface area (Å²) in [5, 5.41) is 0. The third kappa shape index (κ3) is 2.91. The molecule has 16 heavy (non-hydrogen) atoms. The summed E-state index contributed by atoms with van der Waals surface area (Å²) in [5.41, 5.74) is 4.09. The van der Waals surface area contributed by atoms with Crippen molar-refractivity contribution < 1.29 is 0 Å². The molecule has 0 aliphatic heterocycles. The molecule has 0 bridgehead atoms. The van der Waals surface area contributed by atoms with Crippen LogP contribution in [0, 0.1) is 0 Å². The van der Waals surface area contributed by atoms with Crippen LogP contribution in [-0.2, 0) is 5.41 Å². The van der Waals surface area contributed by atoms with E-state index in [0.29, 0.717) is 0 Å². The maximum Gasteiger partial charge on any atom is 0.0384 e. The quantitative estimate of drug-likeness (QED) is 0.755. The first-order chi connectivity index (χ1) is 7.21. The van der Waals surface area contributed by atoms with Crippen LogP contribution in [0.25, 0.3) is 0 Å². The van der Waals surface area contributed by atoms with E-state index in [1.54, 1.807) is 0 Å². The average Bonchev–Trinajstić information content (AvgIpc) is 2.15. The summed E-state index contributed by atoms with van der Waals surface area (Å²) in [6, 6.07) is 6.76. The fraction of sp³-hybridized carbons (Fsp3) is 0.571. The molecule has 90 valence electrons. The first kappa shape index (κ1) is 12.9. The van der Waals surface area contributed by atoms with Crippen molar-refractivity contribution in [2.75, 3.05) is 38.0 Å². The van der Waals surface area contributed by atoms with Crippen molar-refractivity contribution >= 4 is 11.4 Å². The fourth-order valence-corrected chi connectivity index (χ4v) is 1.54. The zero-order valence-electron chi connectivity index (χ0n) is 11.6. The Morgan fingerprint density at radius 2 is 1.12 bits per heavy atom. The molecule has 0 N–H and O–H groups in total. The van der Waals surface area contributed by atoms with Crippen LogP contribution in [0.15, 0.2) is 18.2 Å². The lowest BCUT2D eigenvalue weighted by molar-refractivity contribution is 0.590. The van der Waals surface area contributed by atoms with Gasteiger partial charge in [-0.1, -0.05) is 20.8 Å². The largest absolute Gasteiger partial charge is 0.378 e. The van der Waals surface area contributed by atoms with Crippen LogP contribution in [0.1, 0.15) is 26.3 Å². The Morgan fingerprint density at radius 3 is 1.38 bits per heavy atom. The monoisotopic (exact) mass is 220 g/mol. The number of nitrogens with zero attached hydrogens (tertiary/aromatic N) is 2. The zero-order chi connectivity index (χ0) is 12.5. The second kappa shape index (κ2) is 4.36. The lowest BCUT2D eigenvalue weighted by Gasteiger charge is -2.25. The van der Waals surface area contributed by atoms with Gasteiger partial charge in [-0.3, -0.25) is 0 Å². The van der Waals surface area contributed by atoms with Crippen molar-refractivity contribution in [2.24, 2.45) is 0 Å². The van der Waals surface area contributed by atoms with Crippen LogP contribution >= 0.6 is 0 Å². The average molecular weight is 220 g/mol. The molecule has 1 aromatic rings. The fourth-order valence-electron chi connectivity index (χ4n) is 1.54. The molecule has 2 heteroatoms. The molecule has 2 nitrogen and oxygen atoms in total. The van der Waals surface area contributed by atoms with Crippen LogP contribution in [0.5, 0.6) is 0 Å². The predicted molar refractivity (Wildman–Crippen MR) is 73.8 cm³/mol. The Balaban J connectivity index is 3.30. The molecule has 0 radical (unpaired) electrons. The Kier molecular flexibility index (Phi) is 3.51. The highest BCUT2D eigenvalue weighted by Gasteiger charge is 2.16. The molecule has 0 heterocycles. The van der Waals surface area contributed by atoms with Gasteiger partial charge in [-0.2, -0.15) is 0 Å². The highest BCUT2D eigenvalue weighted by atomic mass is 15.1. The van der Waals surface area contributed by atoms with Crippen molar-refractivity contribution in [2.45, 2.75) is 26.2 Å². The van der Waals surface area contributed by atoms with Crippen LogP contribution in [-0.4, -0.2) is 28.2 Å². The molecule has 0 aromatic heterocycles. The number of benzene rings is 1. The van der Waals surface area contributed by atoms with Gasteiger partial charge in [0.25, 0.3) is 0 Å². The van der Waals surface area contributed by atoms with Gasteiger partial charge in [0.2, 0.25) is 0 Å². The molecular weight excluding hydrogens is 196 g/mol. The first-order valence-electron chi connectivity index (χ1n) is 5.72. The van der Waals surface area contributed by atoms with Crippen molar-refractivity contribution in [1.82, 2.24) is 0 Å². The molecule has 0 fully saturated rings. The molecule has 0 atom stereocenters. The van der Waals surface area contributed by atoms with Gasteiger partial charge < -0.3 is 9.80 Å². The SMILES string of the molecule is CN(C)c1cc(N(C)C)cc(C(C)(C)C)c1. The molecule has 1 aromatic carbocycles. The summed E-state index contributed by atoms with van der Waals surface area (Å²) >= 11 is 0. The van der Waals surface area contributed by atoms with E-state index < -0.39 is 0 Å². The lowest BCUT2D eigenvalue weighted by Crippen LogP contribution is -2.17. The van der Waals surface area contributed by atoms with Gasteiger partial charge in [-0.05, 0) is 29.2 Å². The van der Waals surface area contributed by atoms with Crippen molar-refractivity contribution in [3.05, 3.63) is 23.8 Å². The number of anilines is 2. The Hall–Kier alpha value is -1.18. The Morgan fingerprint density at radius 1 is 0.750 bits per heavy atom. The minimum Gasteiger partial charge on any atom is -0.378 e. The molecule has 0 amide bonds. The highest BCUT2D eigenvalue weighted by Crippen LogP contribution is 2.30. The zero-order valence-corrected chi connectivity index (χ0v) is 11.6. The predicted octanol–water partition coefficient (Wildman–Crippen LogP) is 3.12. The minimum absolute atomic E-state index is 0.191. The van der Waals surface area contributed by atoms with E-state index in [4.69, 9.17) is 0 Å². The molecule has 0 saturated carbocycles. The number of hydrogen-bond donors (Lipinski definition) is 0. The normalized spacial score (nSPS) is 11.4. The van der Waals surface area contributed by atoms with Crippen molar-refractivity contribution in [3.63, 3.8) is 0 Å². The van der Waals surface area contributed by atoms with Gasteiger partial charge in [-0.15, -0.1) is 0 Å². The van der Waals surface area contributed by atoms with Gasteiger partial charge in [-0.25, -0.2) is 0 Å². The van der Waals surface area contributed by atoms with E-state index in [2.05, 4.69) is 77.0 Å². The van der Waals surface area contributed by atoms with Gasteiger partial charge in [0.1, 0.15) is 0 Å². The second-order valence-corrected chi connectivity index (χ2v) is 5.78. The maximum absolute atomic E-state index is 2.27. The summed E-state index contributed by atoms with van der Waals surface area (Å²) in [6.45, 7) is 6.75. The Labute approximate surface area is 99.9 Å². The van der Waals surface area contributed by atoms with Crippen LogP contribution in [0.3, 0.4) is 0 Å². The number of rotatable bonds is 2. The maximum atomic E-state index is 2.27. The van der Waals surface area contributed by atoms with Gasteiger partial charge in [0, 0.05) is 39.6 Å². The smallest absolute Gasteiger partial charge is 0.0384 e. The first-order valence-corrected chi connectivity index (χ1v) is 5.72. The van der Waals surface area contributed by atoms with Gasteiger partial charge >= 0.3 is 0 Å². The third-order valence-corrected chi connectivity index (χ3v) is 2.80. The summed E-state index contributed by atoms with van der Waals surface area (Å²) in [4.78, 5) is 4.31. The highest BCUT2D eigenvalue weighted by molar-refractivity contribution is 5.61. The number of hydrogen-bond acceptors (Lipinski definition) is 2. The molecule has 0 spiro atoms. The van der Waals surface area contributed by atoms with E-state index in [0.717, 1.165) is 0 Å². The van der Waals surface area contributed by atoms with E-state index in [1.165, 1.54) is 16.9 Å². The molecular formula is C14H24N2. The van der Waals surface area contributed by atoms with Crippen LogP contribution in [0.4, 0.5) is 11.4 Å². The summed E-state index contributed by atoms with van der Waals surface area (Å²) in [6.07, 6.45) is 0. The lowest BCUT2D eigenvalue weighted by atomic mass is 9.86. The van der Waals surface area contributed by atoms with E-state index in [1.807, 2.05) is 0 Å². The van der Waals surface area contributed by atoms with Crippen molar-refractivity contribution in [1.29, 1.82) is 0 Å². The minimum atomic E-state index is 0.191. The van der Waals surface area contributed by atoms with E-state index >= 15 is 0 Å². The second-order valence-electron chi connectivity index (χ2n) is 5.78. The van der Waals surface area contributed by atoms with E-state index in [-0.39, 0.29) is 5.41 Å². The molecule has 1 rings (SSSR count). The van der Waals surface area contributed by atoms with Crippen molar-refractivity contribution in [3.8, 4) is 0 Å².